The fourth-order valence-electron chi connectivity index (χ4n) is 1.20. The van der Waals surface area contributed by atoms with E-state index in [2.05, 4.69) is 9.97 Å². The van der Waals surface area contributed by atoms with Gasteiger partial charge in [0.25, 0.3) is 0 Å². The van der Waals surface area contributed by atoms with Gasteiger partial charge in [-0.15, -0.1) is 0 Å². The van der Waals surface area contributed by atoms with Gasteiger partial charge < -0.3 is 9.97 Å². The maximum Gasteiger partial charge on any atom is 0.323 e. The Labute approximate surface area is 89.7 Å². The predicted octanol–water partition coefficient (Wildman–Crippen LogP) is 2.68. The number of hydrogen-bond donors (Lipinski definition) is 2. The Hall–Kier alpha value is -1.19. The lowest BCUT2D eigenvalue weighted by atomic mass is 10.2. The second-order valence-corrected chi connectivity index (χ2v) is 3.69. The van der Waals surface area contributed by atoms with E-state index in [-0.39, 0.29) is 5.69 Å². The second-order valence-electron chi connectivity index (χ2n) is 2.81. The van der Waals surface area contributed by atoms with E-state index in [9.17, 15) is 4.79 Å². The second kappa shape index (κ2) is 3.52. The van der Waals surface area contributed by atoms with Gasteiger partial charge in [-0.2, -0.15) is 0 Å². The van der Waals surface area contributed by atoms with Gasteiger partial charge in [0.1, 0.15) is 0 Å². The number of aromatic nitrogens is 2. The predicted molar refractivity (Wildman–Crippen MR) is 56.9 cm³/mol. The van der Waals surface area contributed by atoms with E-state index in [4.69, 9.17) is 23.2 Å². The van der Waals surface area contributed by atoms with E-state index >= 15 is 0 Å². The van der Waals surface area contributed by atoms with Crippen molar-refractivity contribution in [2.24, 2.45) is 0 Å². The summed E-state index contributed by atoms with van der Waals surface area (Å²) in [5.74, 6) is 0. The minimum Gasteiger partial charge on any atom is -0.312 e. The molecule has 2 N–H and O–H groups in total. The molecule has 1 aromatic heterocycles. The van der Waals surface area contributed by atoms with E-state index in [1.807, 2.05) is 0 Å². The molecule has 2 aromatic rings. The minimum absolute atomic E-state index is 0.254. The van der Waals surface area contributed by atoms with E-state index < -0.39 is 0 Å². The summed E-state index contributed by atoms with van der Waals surface area (Å²) in [5.41, 5.74) is 1.19. The minimum atomic E-state index is -0.254. The van der Waals surface area contributed by atoms with Crippen LogP contribution in [0.15, 0.2) is 29.2 Å². The number of hydrogen-bond acceptors (Lipinski definition) is 1. The van der Waals surface area contributed by atoms with Crippen LogP contribution in [0.1, 0.15) is 0 Å². The van der Waals surface area contributed by atoms with Crippen molar-refractivity contribution < 1.29 is 0 Å². The van der Waals surface area contributed by atoms with Crippen LogP contribution < -0.4 is 5.69 Å². The molecule has 0 fully saturated rings. The molecule has 0 saturated heterocycles. The van der Waals surface area contributed by atoms with E-state index in [1.54, 1.807) is 24.4 Å². The maximum atomic E-state index is 10.9. The van der Waals surface area contributed by atoms with Crippen molar-refractivity contribution in [3.8, 4) is 11.3 Å². The van der Waals surface area contributed by atoms with Gasteiger partial charge in [0.2, 0.25) is 0 Å². The standard InChI is InChI=1S/C9H6Cl2N2O/c10-6-1-5(2-7(11)3-6)8-4-12-9(14)13-8/h1-4H,(H2,12,13,14). The number of H-pyrrole nitrogens is 2. The summed E-state index contributed by atoms with van der Waals surface area (Å²) >= 11 is 11.6. The lowest BCUT2D eigenvalue weighted by Gasteiger charge is -1.99. The summed E-state index contributed by atoms with van der Waals surface area (Å²) in [6, 6.07) is 5.09. The Morgan fingerprint density at radius 2 is 1.71 bits per heavy atom. The number of benzene rings is 1. The number of halogens is 2. The molecule has 0 aliphatic rings. The van der Waals surface area contributed by atoms with Gasteiger partial charge in [0.05, 0.1) is 5.69 Å². The molecule has 0 amide bonds. The zero-order valence-corrected chi connectivity index (χ0v) is 8.49. The smallest absolute Gasteiger partial charge is 0.312 e. The van der Waals surface area contributed by atoms with Crippen LogP contribution in [0.5, 0.6) is 0 Å². The Kier molecular flexibility index (Phi) is 2.35. The summed E-state index contributed by atoms with van der Waals surface area (Å²) in [7, 11) is 0. The van der Waals surface area contributed by atoms with Crippen molar-refractivity contribution in [1.29, 1.82) is 0 Å². The molecule has 0 aliphatic carbocycles. The van der Waals surface area contributed by atoms with Crippen LogP contribution in [0.2, 0.25) is 10.0 Å². The summed E-state index contributed by atoms with van der Waals surface area (Å²) in [4.78, 5) is 16.0. The Morgan fingerprint density at radius 1 is 1.07 bits per heavy atom. The quantitative estimate of drug-likeness (QED) is 0.775. The molecule has 3 nitrogen and oxygen atoms in total. The van der Waals surface area contributed by atoms with Gasteiger partial charge in [-0.05, 0) is 18.2 Å². The monoisotopic (exact) mass is 228 g/mol. The highest BCUT2D eigenvalue weighted by atomic mass is 35.5. The number of aromatic amines is 2. The average Bonchev–Trinajstić information content (AvgIpc) is 2.50. The Balaban J connectivity index is 2.56. The van der Waals surface area contributed by atoms with Gasteiger partial charge >= 0.3 is 5.69 Å². The summed E-state index contributed by atoms with van der Waals surface area (Å²) in [6.07, 6.45) is 1.57. The van der Waals surface area contributed by atoms with Crippen LogP contribution in [-0.2, 0) is 0 Å². The zero-order valence-electron chi connectivity index (χ0n) is 6.97. The molecule has 72 valence electrons. The van der Waals surface area contributed by atoms with Crippen LogP contribution in [0, 0.1) is 0 Å². The first kappa shape index (κ1) is 9.37. The fraction of sp³-hybridized carbons (Fsp3) is 0. The molecule has 0 unspecified atom stereocenters. The Bertz CT molecular complexity index is 495. The molecule has 5 heteroatoms. The lowest BCUT2D eigenvalue weighted by molar-refractivity contribution is 1.19. The van der Waals surface area contributed by atoms with E-state index in [1.165, 1.54) is 0 Å². The van der Waals surface area contributed by atoms with Crippen LogP contribution >= 0.6 is 23.2 Å². The van der Waals surface area contributed by atoms with Gasteiger partial charge in [-0.25, -0.2) is 4.79 Å². The molecule has 2 rings (SSSR count). The topological polar surface area (TPSA) is 48.6 Å². The van der Waals surface area contributed by atoms with Crippen molar-refractivity contribution in [3.63, 3.8) is 0 Å². The highest BCUT2D eigenvalue weighted by molar-refractivity contribution is 6.35. The summed E-state index contributed by atoms with van der Waals surface area (Å²) in [5, 5.41) is 1.07. The van der Waals surface area contributed by atoms with Gasteiger partial charge in [0.15, 0.2) is 0 Å². The Morgan fingerprint density at radius 3 is 2.21 bits per heavy atom. The van der Waals surface area contributed by atoms with Gasteiger partial charge in [0, 0.05) is 21.8 Å². The van der Waals surface area contributed by atoms with Gasteiger partial charge in [-0.3, -0.25) is 0 Å². The molecule has 0 aliphatic heterocycles. The normalized spacial score (nSPS) is 10.4. The van der Waals surface area contributed by atoms with Crippen molar-refractivity contribution in [1.82, 2.24) is 9.97 Å². The number of rotatable bonds is 1. The van der Waals surface area contributed by atoms with E-state index in [0.29, 0.717) is 15.7 Å². The third-order valence-electron chi connectivity index (χ3n) is 1.77. The molecule has 1 heterocycles. The first-order valence-corrected chi connectivity index (χ1v) is 4.65. The first-order chi connectivity index (χ1) is 6.65. The van der Waals surface area contributed by atoms with Crippen molar-refractivity contribution in [2.75, 3.05) is 0 Å². The molecule has 1 aromatic carbocycles. The van der Waals surface area contributed by atoms with Crippen LogP contribution in [0.3, 0.4) is 0 Å². The average molecular weight is 229 g/mol. The highest BCUT2D eigenvalue weighted by Crippen LogP contribution is 2.24. The van der Waals surface area contributed by atoms with Crippen molar-refractivity contribution in [3.05, 3.63) is 44.9 Å². The maximum absolute atomic E-state index is 10.9. The first-order valence-electron chi connectivity index (χ1n) is 3.89. The highest BCUT2D eigenvalue weighted by Gasteiger charge is 2.02. The lowest BCUT2D eigenvalue weighted by Crippen LogP contribution is -1.99. The largest absolute Gasteiger partial charge is 0.323 e. The summed E-state index contributed by atoms with van der Waals surface area (Å²) < 4.78 is 0. The molecule has 14 heavy (non-hydrogen) atoms. The molecular formula is C9H6Cl2N2O. The third kappa shape index (κ3) is 1.84. The van der Waals surface area contributed by atoms with E-state index in [0.717, 1.165) is 5.56 Å². The third-order valence-corrected chi connectivity index (χ3v) is 2.21. The molecule has 0 spiro atoms. The molecular weight excluding hydrogens is 223 g/mol. The number of imidazole rings is 1. The van der Waals surface area contributed by atoms with Crippen LogP contribution in [0.4, 0.5) is 0 Å². The zero-order chi connectivity index (χ0) is 10.1. The van der Waals surface area contributed by atoms with Crippen molar-refractivity contribution in [2.45, 2.75) is 0 Å². The molecule has 0 saturated carbocycles. The summed E-state index contributed by atoms with van der Waals surface area (Å²) in [6.45, 7) is 0. The van der Waals surface area contributed by atoms with Gasteiger partial charge in [-0.1, -0.05) is 23.2 Å². The molecule has 0 radical (unpaired) electrons. The fourth-order valence-corrected chi connectivity index (χ4v) is 1.72. The molecule has 0 atom stereocenters. The van der Waals surface area contributed by atoms with Crippen LogP contribution in [-0.4, -0.2) is 9.97 Å². The number of nitrogens with one attached hydrogen (secondary N) is 2. The van der Waals surface area contributed by atoms with Crippen LogP contribution in [0.25, 0.3) is 11.3 Å². The SMILES string of the molecule is O=c1[nH]cc(-c2cc(Cl)cc(Cl)c2)[nH]1. The molecule has 0 bridgehead atoms. The van der Waals surface area contributed by atoms with Crippen molar-refractivity contribution >= 4 is 23.2 Å².